The maximum atomic E-state index is 11.7. The molecule has 0 fully saturated rings. The van der Waals surface area contributed by atoms with Crippen molar-refractivity contribution in [3.05, 3.63) is 0 Å². The van der Waals surface area contributed by atoms with Crippen molar-refractivity contribution in [2.75, 3.05) is 0 Å². The third kappa shape index (κ3) is 11.7. The zero-order valence-electron chi connectivity index (χ0n) is 12.5. The first-order valence-electron chi connectivity index (χ1n) is 6.87. The first-order valence-corrected chi connectivity index (χ1v) is 6.87. The van der Waals surface area contributed by atoms with Gasteiger partial charge in [0.15, 0.2) is 0 Å². The fraction of sp³-hybridized carbons (Fsp3) is 0.857. The fourth-order valence-electron chi connectivity index (χ4n) is 2.06. The van der Waals surface area contributed by atoms with Crippen molar-refractivity contribution in [2.45, 2.75) is 71.9 Å². The van der Waals surface area contributed by atoms with Gasteiger partial charge in [-0.2, -0.15) is 0 Å². The molecule has 0 aromatic carbocycles. The highest BCUT2D eigenvalue weighted by Gasteiger charge is 2.18. The number of carbonyl (C=O) groups is 2. The predicted molar refractivity (Wildman–Crippen MR) is 75.8 cm³/mol. The van der Waals surface area contributed by atoms with Crippen LogP contribution in [0.25, 0.3) is 0 Å². The molecule has 5 heteroatoms. The van der Waals surface area contributed by atoms with Crippen LogP contribution in [0.2, 0.25) is 0 Å². The molecule has 0 rings (SSSR count). The predicted octanol–water partition coefficient (Wildman–Crippen LogP) is 1.90. The third-order valence-electron chi connectivity index (χ3n) is 2.76. The molecule has 0 aliphatic rings. The van der Waals surface area contributed by atoms with E-state index in [4.69, 9.17) is 10.8 Å². The molecule has 0 aromatic rings. The second-order valence-electron chi connectivity index (χ2n) is 6.48. The van der Waals surface area contributed by atoms with Crippen LogP contribution in [-0.4, -0.2) is 29.1 Å². The second kappa shape index (κ2) is 8.15. The topological polar surface area (TPSA) is 92.4 Å². The summed E-state index contributed by atoms with van der Waals surface area (Å²) in [6, 6.07) is -0.139. The molecule has 0 saturated carbocycles. The Bertz CT molecular complexity index is 298. The van der Waals surface area contributed by atoms with Crippen LogP contribution in [0.3, 0.4) is 0 Å². The van der Waals surface area contributed by atoms with Crippen LogP contribution < -0.4 is 11.1 Å². The lowest BCUT2D eigenvalue weighted by Gasteiger charge is -2.23. The molecule has 0 saturated heterocycles. The number of hydrogen-bond acceptors (Lipinski definition) is 3. The minimum atomic E-state index is -0.800. The average Bonchev–Trinajstić information content (AvgIpc) is 2.12. The summed E-state index contributed by atoms with van der Waals surface area (Å²) >= 11 is 0. The first-order chi connectivity index (χ1) is 8.60. The van der Waals surface area contributed by atoms with Gasteiger partial charge in [0.25, 0.3) is 0 Å². The van der Waals surface area contributed by atoms with Crippen LogP contribution in [0.1, 0.15) is 59.8 Å². The number of nitrogens with two attached hydrogens (primary N) is 1. The van der Waals surface area contributed by atoms with Crippen molar-refractivity contribution in [2.24, 2.45) is 11.1 Å². The Balaban J connectivity index is 3.87. The van der Waals surface area contributed by atoms with Crippen LogP contribution in [0, 0.1) is 5.41 Å². The van der Waals surface area contributed by atoms with Gasteiger partial charge in [0.2, 0.25) is 5.91 Å². The molecule has 0 heterocycles. The number of amides is 1. The molecule has 19 heavy (non-hydrogen) atoms. The van der Waals surface area contributed by atoms with E-state index in [1.807, 2.05) is 6.92 Å². The third-order valence-corrected chi connectivity index (χ3v) is 2.76. The van der Waals surface area contributed by atoms with E-state index in [2.05, 4.69) is 26.1 Å². The van der Waals surface area contributed by atoms with Crippen molar-refractivity contribution in [1.82, 2.24) is 5.32 Å². The lowest BCUT2D eigenvalue weighted by molar-refractivity contribution is -0.137. The molecular weight excluding hydrogens is 244 g/mol. The molecule has 0 radical (unpaired) electrons. The molecular formula is C14H28N2O3. The van der Waals surface area contributed by atoms with Gasteiger partial charge in [-0.3, -0.25) is 9.59 Å². The van der Waals surface area contributed by atoms with E-state index in [9.17, 15) is 9.59 Å². The Morgan fingerprint density at radius 1 is 1.32 bits per heavy atom. The van der Waals surface area contributed by atoms with Crippen molar-refractivity contribution in [3.63, 3.8) is 0 Å². The summed E-state index contributed by atoms with van der Waals surface area (Å²) in [5, 5.41) is 11.4. The maximum Gasteiger partial charge on any atom is 0.303 e. The Labute approximate surface area is 115 Å². The highest BCUT2D eigenvalue weighted by Crippen LogP contribution is 2.20. The lowest BCUT2D eigenvalue weighted by Crippen LogP contribution is -2.38. The molecule has 112 valence electrons. The fourth-order valence-corrected chi connectivity index (χ4v) is 2.06. The Kier molecular flexibility index (Phi) is 7.68. The normalized spacial score (nSPS) is 14.8. The highest BCUT2D eigenvalue weighted by molar-refractivity contribution is 5.76. The average molecular weight is 272 g/mol. The number of carboxylic acid groups (broad SMARTS) is 1. The summed E-state index contributed by atoms with van der Waals surface area (Å²) in [5.41, 5.74) is 6.06. The summed E-state index contributed by atoms with van der Waals surface area (Å²) in [7, 11) is 0. The van der Waals surface area contributed by atoms with Gasteiger partial charge in [-0.05, 0) is 31.6 Å². The minimum Gasteiger partial charge on any atom is -0.481 e. The Morgan fingerprint density at radius 3 is 2.37 bits per heavy atom. The Morgan fingerprint density at radius 2 is 1.89 bits per heavy atom. The zero-order valence-corrected chi connectivity index (χ0v) is 12.5. The summed E-state index contributed by atoms with van der Waals surface area (Å²) in [4.78, 5) is 22.1. The highest BCUT2D eigenvalue weighted by atomic mass is 16.4. The van der Waals surface area contributed by atoms with Gasteiger partial charge in [-0.1, -0.05) is 20.8 Å². The van der Waals surface area contributed by atoms with E-state index in [1.54, 1.807) is 0 Å². The smallest absolute Gasteiger partial charge is 0.303 e. The maximum absolute atomic E-state index is 11.7. The standard InChI is InChI=1S/C14H28N2O3/c1-10(6-5-7-13(18)19)16-12(17)8-11(15)9-14(2,3)4/h10-11H,5-9,15H2,1-4H3,(H,16,17)(H,18,19). The van der Waals surface area contributed by atoms with E-state index in [0.29, 0.717) is 19.3 Å². The summed E-state index contributed by atoms with van der Waals surface area (Å²) < 4.78 is 0. The van der Waals surface area contributed by atoms with Crippen LogP contribution in [-0.2, 0) is 9.59 Å². The van der Waals surface area contributed by atoms with Gasteiger partial charge < -0.3 is 16.2 Å². The molecule has 0 aliphatic heterocycles. The second-order valence-corrected chi connectivity index (χ2v) is 6.48. The summed E-state index contributed by atoms with van der Waals surface area (Å²) in [5.74, 6) is -0.856. The summed E-state index contributed by atoms with van der Waals surface area (Å²) in [6.45, 7) is 8.17. The molecule has 0 aliphatic carbocycles. The largest absolute Gasteiger partial charge is 0.481 e. The van der Waals surface area contributed by atoms with Gasteiger partial charge in [-0.15, -0.1) is 0 Å². The van der Waals surface area contributed by atoms with Crippen molar-refractivity contribution in [3.8, 4) is 0 Å². The quantitative estimate of drug-likeness (QED) is 0.629. The Hall–Kier alpha value is -1.10. The SMILES string of the molecule is CC(CCCC(=O)O)NC(=O)CC(N)CC(C)(C)C. The van der Waals surface area contributed by atoms with Crippen molar-refractivity contribution < 1.29 is 14.7 Å². The lowest BCUT2D eigenvalue weighted by atomic mass is 9.87. The van der Waals surface area contributed by atoms with E-state index in [1.165, 1.54) is 0 Å². The van der Waals surface area contributed by atoms with E-state index < -0.39 is 5.97 Å². The van der Waals surface area contributed by atoms with Crippen LogP contribution >= 0.6 is 0 Å². The van der Waals surface area contributed by atoms with Crippen molar-refractivity contribution >= 4 is 11.9 Å². The van der Waals surface area contributed by atoms with Gasteiger partial charge in [0.05, 0.1) is 0 Å². The monoisotopic (exact) mass is 272 g/mol. The van der Waals surface area contributed by atoms with Crippen molar-refractivity contribution in [1.29, 1.82) is 0 Å². The van der Waals surface area contributed by atoms with Crippen LogP contribution in [0.4, 0.5) is 0 Å². The minimum absolute atomic E-state index is 0.00585. The molecule has 0 bridgehead atoms. The molecule has 2 unspecified atom stereocenters. The molecule has 4 N–H and O–H groups in total. The zero-order chi connectivity index (χ0) is 15.1. The number of carbonyl (C=O) groups excluding carboxylic acids is 1. The number of hydrogen-bond donors (Lipinski definition) is 3. The van der Waals surface area contributed by atoms with E-state index >= 15 is 0 Å². The number of carboxylic acids is 1. The molecule has 1 amide bonds. The summed E-state index contributed by atoms with van der Waals surface area (Å²) in [6.07, 6.45) is 2.51. The van der Waals surface area contributed by atoms with E-state index in [-0.39, 0.29) is 29.8 Å². The number of aliphatic carboxylic acids is 1. The molecule has 0 spiro atoms. The van der Waals surface area contributed by atoms with Gasteiger partial charge in [0.1, 0.15) is 0 Å². The number of rotatable bonds is 8. The van der Waals surface area contributed by atoms with Gasteiger partial charge in [0, 0.05) is 24.9 Å². The molecule has 0 aromatic heterocycles. The molecule has 2 atom stereocenters. The van der Waals surface area contributed by atoms with Crippen LogP contribution in [0.5, 0.6) is 0 Å². The van der Waals surface area contributed by atoms with Gasteiger partial charge in [-0.25, -0.2) is 0 Å². The van der Waals surface area contributed by atoms with Gasteiger partial charge >= 0.3 is 5.97 Å². The first kappa shape index (κ1) is 17.9. The van der Waals surface area contributed by atoms with Crippen LogP contribution in [0.15, 0.2) is 0 Å². The number of nitrogens with one attached hydrogen (secondary N) is 1. The van der Waals surface area contributed by atoms with E-state index in [0.717, 1.165) is 6.42 Å². The molecule has 5 nitrogen and oxygen atoms in total.